The number of nitrogens with zero attached hydrogens (tertiary/aromatic N) is 3. The van der Waals surface area contributed by atoms with Crippen molar-refractivity contribution in [2.24, 2.45) is 11.7 Å². The fraction of sp³-hybridized carbons (Fsp3) is 0.800. The molecule has 1 aromatic rings. The summed E-state index contributed by atoms with van der Waals surface area (Å²) in [5, 5.41) is 0. The van der Waals surface area contributed by atoms with E-state index in [1.54, 1.807) is 0 Å². The Labute approximate surface area is 117 Å². The topological polar surface area (TPSA) is 47.1 Å². The second kappa shape index (κ2) is 7.06. The van der Waals surface area contributed by atoms with E-state index in [2.05, 4.69) is 28.4 Å². The highest BCUT2D eigenvalue weighted by atomic mass is 15.2. The van der Waals surface area contributed by atoms with E-state index >= 15 is 0 Å². The average molecular weight is 264 g/mol. The molecule has 2 rings (SSSR count). The maximum absolute atomic E-state index is 6.01. The lowest BCUT2D eigenvalue weighted by Crippen LogP contribution is -2.36. The van der Waals surface area contributed by atoms with Crippen molar-refractivity contribution in [2.75, 3.05) is 20.1 Å². The van der Waals surface area contributed by atoms with Crippen LogP contribution in [0.1, 0.15) is 50.8 Å². The fourth-order valence-electron chi connectivity index (χ4n) is 3.30. The predicted molar refractivity (Wildman–Crippen MR) is 78.9 cm³/mol. The predicted octanol–water partition coefficient (Wildman–Crippen LogP) is 2.41. The molecule has 0 aliphatic heterocycles. The molecule has 4 nitrogen and oxygen atoms in total. The van der Waals surface area contributed by atoms with Gasteiger partial charge < -0.3 is 10.3 Å². The molecule has 1 heterocycles. The van der Waals surface area contributed by atoms with Gasteiger partial charge in [0, 0.05) is 25.8 Å². The molecule has 1 atom stereocenters. The summed E-state index contributed by atoms with van der Waals surface area (Å²) in [4.78, 5) is 6.70. The minimum Gasteiger partial charge on any atom is -0.333 e. The standard InChI is InChI=1S/C15H28N4/c1-3-19-12-17-10-15(19)14(9-16)18(2)11-13-7-5-4-6-8-13/h10,12-14H,3-9,11,16H2,1-2H3. The molecule has 0 bridgehead atoms. The summed E-state index contributed by atoms with van der Waals surface area (Å²) in [5.41, 5.74) is 7.26. The van der Waals surface area contributed by atoms with Gasteiger partial charge in [0.1, 0.15) is 0 Å². The van der Waals surface area contributed by atoms with Crippen LogP contribution >= 0.6 is 0 Å². The number of imidazole rings is 1. The third-order valence-corrected chi connectivity index (χ3v) is 4.45. The Hall–Kier alpha value is -0.870. The first-order valence-corrected chi connectivity index (χ1v) is 7.66. The summed E-state index contributed by atoms with van der Waals surface area (Å²) in [6.45, 7) is 4.94. The lowest BCUT2D eigenvalue weighted by atomic mass is 9.88. The van der Waals surface area contributed by atoms with Gasteiger partial charge in [-0.05, 0) is 32.7 Å². The zero-order valence-corrected chi connectivity index (χ0v) is 12.4. The van der Waals surface area contributed by atoms with Crippen LogP contribution in [0.2, 0.25) is 0 Å². The highest BCUT2D eigenvalue weighted by Crippen LogP contribution is 2.27. The van der Waals surface area contributed by atoms with Crippen LogP contribution in [0, 0.1) is 5.92 Å². The molecule has 1 aliphatic carbocycles. The van der Waals surface area contributed by atoms with E-state index in [9.17, 15) is 0 Å². The third kappa shape index (κ3) is 3.57. The number of hydrogen-bond donors (Lipinski definition) is 1. The Morgan fingerprint density at radius 1 is 1.42 bits per heavy atom. The van der Waals surface area contributed by atoms with Crippen LogP contribution in [-0.2, 0) is 6.54 Å². The van der Waals surface area contributed by atoms with E-state index in [0.29, 0.717) is 12.6 Å². The molecule has 0 saturated heterocycles. The van der Waals surface area contributed by atoms with Crippen LogP contribution in [0.15, 0.2) is 12.5 Å². The molecule has 1 saturated carbocycles. The van der Waals surface area contributed by atoms with Crippen molar-refractivity contribution in [1.29, 1.82) is 0 Å². The summed E-state index contributed by atoms with van der Waals surface area (Å²) >= 11 is 0. The molecule has 0 spiro atoms. The zero-order chi connectivity index (χ0) is 13.7. The quantitative estimate of drug-likeness (QED) is 0.858. The summed E-state index contributed by atoms with van der Waals surface area (Å²) in [6.07, 6.45) is 10.9. The van der Waals surface area contributed by atoms with Crippen molar-refractivity contribution in [3.63, 3.8) is 0 Å². The minimum atomic E-state index is 0.296. The average Bonchev–Trinajstić information content (AvgIpc) is 2.89. The Bertz CT molecular complexity index is 368. The van der Waals surface area contributed by atoms with Crippen molar-refractivity contribution < 1.29 is 0 Å². The van der Waals surface area contributed by atoms with E-state index in [0.717, 1.165) is 19.0 Å². The van der Waals surface area contributed by atoms with E-state index in [-0.39, 0.29) is 0 Å². The van der Waals surface area contributed by atoms with Gasteiger partial charge in [0.2, 0.25) is 0 Å². The van der Waals surface area contributed by atoms with Gasteiger partial charge in [-0.3, -0.25) is 4.90 Å². The molecule has 108 valence electrons. The van der Waals surface area contributed by atoms with Crippen LogP contribution in [0.3, 0.4) is 0 Å². The molecule has 1 aliphatic rings. The van der Waals surface area contributed by atoms with Crippen LogP contribution in [0.5, 0.6) is 0 Å². The molecule has 0 aromatic carbocycles. The van der Waals surface area contributed by atoms with E-state index in [1.165, 1.54) is 37.8 Å². The first-order chi connectivity index (χ1) is 9.26. The minimum absolute atomic E-state index is 0.296. The highest BCUT2D eigenvalue weighted by molar-refractivity contribution is 5.06. The van der Waals surface area contributed by atoms with Gasteiger partial charge in [-0.1, -0.05) is 19.3 Å². The first-order valence-electron chi connectivity index (χ1n) is 7.66. The van der Waals surface area contributed by atoms with Crippen LogP contribution in [-0.4, -0.2) is 34.6 Å². The van der Waals surface area contributed by atoms with Crippen LogP contribution < -0.4 is 5.73 Å². The zero-order valence-electron chi connectivity index (χ0n) is 12.4. The number of nitrogens with two attached hydrogens (primary N) is 1. The normalized spacial score (nSPS) is 18.9. The molecule has 0 amide bonds. The maximum Gasteiger partial charge on any atom is 0.0948 e. The van der Waals surface area contributed by atoms with Crippen molar-refractivity contribution in [2.45, 2.75) is 51.6 Å². The molecule has 1 fully saturated rings. The van der Waals surface area contributed by atoms with E-state index in [4.69, 9.17) is 5.73 Å². The van der Waals surface area contributed by atoms with Gasteiger partial charge in [0.15, 0.2) is 0 Å². The van der Waals surface area contributed by atoms with Gasteiger partial charge in [0.25, 0.3) is 0 Å². The number of hydrogen-bond acceptors (Lipinski definition) is 3. The van der Waals surface area contributed by atoms with Gasteiger partial charge in [0.05, 0.1) is 18.1 Å². The highest BCUT2D eigenvalue weighted by Gasteiger charge is 2.22. The van der Waals surface area contributed by atoms with Gasteiger partial charge in [-0.15, -0.1) is 0 Å². The van der Waals surface area contributed by atoms with Crippen molar-refractivity contribution in [1.82, 2.24) is 14.5 Å². The van der Waals surface area contributed by atoms with E-state index < -0.39 is 0 Å². The molecule has 19 heavy (non-hydrogen) atoms. The van der Waals surface area contributed by atoms with Gasteiger partial charge >= 0.3 is 0 Å². The lowest BCUT2D eigenvalue weighted by molar-refractivity contribution is 0.180. The fourth-order valence-corrected chi connectivity index (χ4v) is 3.30. The van der Waals surface area contributed by atoms with E-state index in [1.807, 2.05) is 12.5 Å². The van der Waals surface area contributed by atoms with Crippen LogP contribution in [0.4, 0.5) is 0 Å². The second-order valence-corrected chi connectivity index (χ2v) is 5.80. The van der Waals surface area contributed by atoms with Gasteiger partial charge in [-0.2, -0.15) is 0 Å². The van der Waals surface area contributed by atoms with Crippen molar-refractivity contribution >= 4 is 0 Å². The summed E-state index contributed by atoms with van der Waals surface area (Å²) in [6, 6.07) is 0.296. The summed E-state index contributed by atoms with van der Waals surface area (Å²) in [7, 11) is 2.21. The van der Waals surface area contributed by atoms with Crippen molar-refractivity contribution in [3.8, 4) is 0 Å². The molecule has 4 heteroatoms. The summed E-state index contributed by atoms with van der Waals surface area (Å²) in [5.74, 6) is 0.853. The Morgan fingerprint density at radius 3 is 2.79 bits per heavy atom. The largest absolute Gasteiger partial charge is 0.333 e. The molecule has 2 N–H and O–H groups in total. The SMILES string of the molecule is CCn1cncc1C(CN)N(C)CC1CCCCC1. The second-order valence-electron chi connectivity index (χ2n) is 5.80. The number of likely N-dealkylation sites (N-methyl/N-ethyl adjacent to an activating group) is 1. The Balaban J connectivity index is 2.00. The van der Waals surface area contributed by atoms with Crippen molar-refractivity contribution in [3.05, 3.63) is 18.2 Å². The number of aromatic nitrogens is 2. The summed E-state index contributed by atoms with van der Waals surface area (Å²) < 4.78 is 2.20. The molecule has 1 aromatic heterocycles. The molecule has 1 unspecified atom stereocenters. The Morgan fingerprint density at radius 2 is 2.16 bits per heavy atom. The molecule has 0 radical (unpaired) electrons. The number of aryl methyl sites for hydroxylation is 1. The maximum atomic E-state index is 6.01. The Kier molecular flexibility index (Phi) is 5.40. The van der Waals surface area contributed by atoms with Crippen LogP contribution in [0.25, 0.3) is 0 Å². The molecular weight excluding hydrogens is 236 g/mol. The first kappa shape index (κ1) is 14.5. The third-order valence-electron chi connectivity index (χ3n) is 4.45. The lowest BCUT2D eigenvalue weighted by Gasteiger charge is -2.32. The van der Waals surface area contributed by atoms with Gasteiger partial charge in [-0.25, -0.2) is 4.98 Å². The number of rotatable bonds is 6. The smallest absolute Gasteiger partial charge is 0.0948 e. The molecular formula is C15H28N4. The monoisotopic (exact) mass is 264 g/mol.